The van der Waals surface area contributed by atoms with E-state index in [1.54, 1.807) is 18.4 Å². The molecule has 1 aliphatic rings. The van der Waals surface area contributed by atoms with Gasteiger partial charge in [-0.1, -0.05) is 24.3 Å². The van der Waals surface area contributed by atoms with Crippen LogP contribution in [0.15, 0.2) is 60.0 Å². The molecule has 2 N–H and O–H groups in total. The second kappa shape index (κ2) is 11.1. The summed E-state index contributed by atoms with van der Waals surface area (Å²) in [4.78, 5) is 14.9. The quantitative estimate of drug-likeness (QED) is 0.350. The third-order valence-corrected chi connectivity index (χ3v) is 6.32. The van der Waals surface area contributed by atoms with Gasteiger partial charge in [-0.05, 0) is 80.4 Å². The Morgan fingerprint density at radius 2 is 1.94 bits per heavy atom. The topological polar surface area (TPSA) is 70.2 Å². The maximum Gasteiger partial charge on any atom is 0.227 e. The van der Waals surface area contributed by atoms with Gasteiger partial charge < -0.3 is 15.0 Å². The van der Waals surface area contributed by atoms with E-state index in [2.05, 4.69) is 64.2 Å². The minimum absolute atomic E-state index is 0.134. The van der Waals surface area contributed by atoms with Gasteiger partial charge in [-0.15, -0.1) is 11.3 Å². The zero-order valence-electron chi connectivity index (χ0n) is 19.7. The van der Waals surface area contributed by atoms with Crippen molar-refractivity contribution in [2.75, 3.05) is 26.5 Å². The van der Waals surface area contributed by atoms with Crippen LogP contribution in [0, 0.1) is 5.92 Å². The predicted octanol–water partition coefficient (Wildman–Crippen LogP) is 5.90. The van der Waals surface area contributed by atoms with Crippen LogP contribution in [0.25, 0.3) is 23.1 Å². The number of thiophene rings is 1. The molecule has 0 spiro atoms. The van der Waals surface area contributed by atoms with E-state index < -0.39 is 0 Å². The standard InChI is InChI=1S/C16H17N3S.C11H13NO2/c1-19(2)10-13-9-12(11-20-13)7-8-16-14-5-3-4-6-15(14)17-18-16;1-14-10-6-4-9(5-7-10)12-11(13)8-2-3-8/h3-9,11H,10H2,1-2H3,(H,17,18);4-8H,2-3H2,1H3,(H,12,13)/b8-7+;. The van der Waals surface area contributed by atoms with E-state index >= 15 is 0 Å². The number of anilines is 1. The van der Waals surface area contributed by atoms with Crippen molar-refractivity contribution in [2.24, 2.45) is 5.92 Å². The van der Waals surface area contributed by atoms with Crippen LogP contribution in [0.3, 0.4) is 0 Å². The number of benzene rings is 2. The zero-order chi connectivity index (χ0) is 23.9. The fourth-order valence-corrected chi connectivity index (χ4v) is 4.40. The number of para-hydroxylation sites is 1. The highest BCUT2D eigenvalue weighted by atomic mass is 32.1. The van der Waals surface area contributed by atoms with Gasteiger partial charge in [0.15, 0.2) is 0 Å². The number of amides is 1. The Balaban J connectivity index is 0.000000172. The van der Waals surface area contributed by atoms with Crippen LogP contribution in [0.2, 0.25) is 0 Å². The Morgan fingerprint density at radius 3 is 2.65 bits per heavy atom. The number of aromatic amines is 1. The summed E-state index contributed by atoms with van der Waals surface area (Å²) in [6, 6.07) is 17.8. The molecule has 6 nitrogen and oxygen atoms in total. The Hall–Kier alpha value is -3.42. The molecule has 4 aromatic rings. The summed E-state index contributed by atoms with van der Waals surface area (Å²) < 4.78 is 5.02. The number of rotatable bonds is 7. The molecule has 2 aromatic heterocycles. The normalized spacial score (nSPS) is 13.2. The molecule has 0 radical (unpaired) electrons. The minimum atomic E-state index is 0.134. The average molecular weight is 475 g/mol. The number of methoxy groups -OCH3 is 1. The van der Waals surface area contributed by atoms with Crippen LogP contribution >= 0.6 is 11.3 Å². The molecular formula is C27H30N4O2S. The fourth-order valence-electron chi connectivity index (χ4n) is 3.43. The number of hydrogen-bond acceptors (Lipinski definition) is 5. The molecule has 1 amide bonds. The van der Waals surface area contributed by atoms with Crippen LogP contribution in [0.4, 0.5) is 5.69 Å². The highest BCUT2D eigenvalue weighted by molar-refractivity contribution is 7.10. The molecular weight excluding hydrogens is 444 g/mol. The SMILES string of the molecule is CN(C)Cc1cc(/C=C/c2n[nH]c3ccccc23)cs1.COc1ccc(NC(=O)C2CC2)cc1. The highest BCUT2D eigenvalue weighted by Crippen LogP contribution is 2.30. The third kappa shape index (κ3) is 6.56. The van der Waals surface area contributed by atoms with Crippen LogP contribution < -0.4 is 10.1 Å². The van der Waals surface area contributed by atoms with E-state index in [0.29, 0.717) is 0 Å². The summed E-state index contributed by atoms with van der Waals surface area (Å²) in [7, 11) is 5.80. The summed E-state index contributed by atoms with van der Waals surface area (Å²) in [6.07, 6.45) is 6.25. The van der Waals surface area contributed by atoms with Crippen molar-refractivity contribution in [3.8, 4) is 5.75 Å². The molecule has 1 saturated carbocycles. The lowest BCUT2D eigenvalue weighted by molar-refractivity contribution is -0.117. The maximum absolute atomic E-state index is 11.4. The van der Waals surface area contributed by atoms with Gasteiger partial charge in [-0.2, -0.15) is 5.10 Å². The second-order valence-electron chi connectivity index (χ2n) is 8.56. The van der Waals surface area contributed by atoms with Gasteiger partial charge >= 0.3 is 0 Å². The van der Waals surface area contributed by atoms with Crippen LogP contribution in [-0.4, -0.2) is 42.2 Å². The van der Waals surface area contributed by atoms with E-state index in [1.165, 1.54) is 10.4 Å². The first-order valence-electron chi connectivity index (χ1n) is 11.3. The lowest BCUT2D eigenvalue weighted by atomic mass is 10.2. The first-order chi connectivity index (χ1) is 16.5. The maximum atomic E-state index is 11.4. The summed E-state index contributed by atoms with van der Waals surface area (Å²) in [6.45, 7) is 0.990. The van der Waals surface area contributed by atoms with Crippen molar-refractivity contribution in [3.05, 3.63) is 76.1 Å². The largest absolute Gasteiger partial charge is 0.497 e. The van der Waals surface area contributed by atoms with E-state index in [4.69, 9.17) is 4.74 Å². The Bertz CT molecular complexity index is 1250. The number of carbonyl (C=O) groups is 1. The molecule has 0 aliphatic heterocycles. The van der Waals surface area contributed by atoms with Crippen LogP contribution in [0.5, 0.6) is 5.75 Å². The zero-order valence-corrected chi connectivity index (χ0v) is 20.6. The fraction of sp³-hybridized carbons (Fsp3) is 0.259. The van der Waals surface area contributed by atoms with E-state index in [1.807, 2.05) is 42.5 Å². The molecule has 7 heteroatoms. The molecule has 2 aromatic carbocycles. The summed E-state index contributed by atoms with van der Waals surface area (Å²) in [5, 5.41) is 13.6. The van der Waals surface area contributed by atoms with Gasteiger partial charge in [0.05, 0.1) is 18.3 Å². The Labute approximate surface area is 204 Å². The average Bonchev–Trinajstić information content (AvgIpc) is 3.48. The van der Waals surface area contributed by atoms with Crippen LogP contribution in [-0.2, 0) is 11.3 Å². The molecule has 0 bridgehead atoms. The van der Waals surface area contributed by atoms with E-state index in [0.717, 1.165) is 47.4 Å². The lowest BCUT2D eigenvalue weighted by Gasteiger charge is -2.05. The number of nitrogens with one attached hydrogen (secondary N) is 2. The van der Waals surface area contributed by atoms with Gasteiger partial charge in [0, 0.05) is 28.4 Å². The van der Waals surface area contributed by atoms with Gasteiger partial charge in [-0.3, -0.25) is 9.89 Å². The Morgan fingerprint density at radius 1 is 1.18 bits per heavy atom. The van der Waals surface area contributed by atoms with Crippen molar-refractivity contribution in [3.63, 3.8) is 0 Å². The number of fused-ring (bicyclic) bond motifs is 1. The van der Waals surface area contributed by atoms with Gasteiger partial charge in [0.25, 0.3) is 0 Å². The number of hydrogen-bond donors (Lipinski definition) is 2. The molecule has 0 unspecified atom stereocenters. The number of ether oxygens (including phenoxy) is 1. The smallest absolute Gasteiger partial charge is 0.227 e. The number of aromatic nitrogens is 2. The van der Waals surface area contributed by atoms with Gasteiger partial charge in [-0.25, -0.2) is 0 Å². The molecule has 176 valence electrons. The van der Waals surface area contributed by atoms with Crippen molar-refractivity contribution in [2.45, 2.75) is 19.4 Å². The predicted molar refractivity (Wildman–Crippen MR) is 141 cm³/mol. The summed E-state index contributed by atoms with van der Waals surface area (Å²) >= 11 is 1.80. The first-order valence-corrected chi connectivity index (χ1v) is 12.2. The minimum Gasteiger partial charge on any atom is -0.497 e. The summed E-state index contributed by atoms with van der Waals surface area (Å²) in [5.74, 6) is 1.18. The molecule has 5 rings (SSSR count). The second-order valence-corrected chi connectivity index (χ2v) is 9.56. The molecule has 2 heterocycles. The van der Waals surface area contributed by atoms with Gasteiger partial charge in [0.2, 0.25) is 5.91 Å². The van der Waals surface area contributed by atoms with Crippen molar-refractivity contribution in [1.82, 2.24) is 15.1 Å². The highest BCUT2D eigenvalue weighted by Gasteiger charge is 2.29. The first kappa shape index (κ1) is 23.7. The van der Waals surface area contributed by atoms with Crippen molar-refractivity contribution < 1.29 is 9.53 Å². The number of nitrogens with zero attached hydrogens (tertiary/aromatic N) is 2. The van der Waals surface area contributed by atoms with Crippen LogP contribution in [0.1, 0.15) is 29.0 Å². The molecule has 34 heavy (non-hydrogen) atoms. The lowest BCUT2D eigenvalue weighted by Crippen LogP contribution is -2.12. The molecule has 1 aliphatic carbocycles. The monoisotopic (exact) mass is 474 g/mol. The Kier molecular flexibility index (Phi) is 7.77. The summed E-state index contributed by atoms with van der Waals surface area (Å²) in [5.41, 5.74) is 4.13. The number of carbonyl (C=O) groups excluding carboxylic acids is 1. The van der Waals surface area contributed by atoms with Gasteiger partial charge in [0.1, 0.15) is 5.75 Å². The van der Waals surface area contributed by atoms with Crippen molar-refractivity contribution in [1.29, 1.82) is 0 Å². The van der Waals surface area contributed by atoms with E-state index in [-0.39, 0.29) is 11.8 Å². The third-order valence-electron chi connectivity index (χ3n) is 5.39. The van der Waals surface area contributed by atoms with E-state index in [9.17, 15) is 4.79 Å². The molecule has 0 atom stereocenters. The number of H-pyrrole nitrogens is 1. The van der Waals surface area contributed by atoms with Crippen molar-refractivity contribution >= 4 is 46.0 Å². The molecule has 0 saturated heterocycles. The molecule has 1 fully saturated rings.